The third kappa shape index (κ3) is 4.56. The number of aryl methyl sites for hydroxylation is 2. The van der Waals surface area contributed by atoms with E-state index in [2.05, 4.69) is 70.0 Å². The van der Waals surface area contributed by atoms with Gasteiger partial charge >= 0.3 is 0 Å². The van der Waals surface area contributed by atoms with Crippen molar-refractivity contribution in [2.75, 3.05) is 19.8 Å². The molecule has 0 N–H and O–H groups in total. The summed E-state index contributed by atoms with van der Waals surface area (Å²) >= 11 is 0. The lowest BCUT2D eigenvalue weighted by Crippen LogP contribution is -2.33. The lowest BCUT2D eigenvalue weighted by Gasteiger charge is -2.34. The first-order valence-corrected chi connectivity index (χ1v) is 11.0. The Hall–Kier alpha value is -2.28. The Kier molecular flexibility index (Phi) is 7.23. The van der Waals surface area contributed by atoms with Gasteiger partial charge in [-0.25, -0.2) is 0 Å². The average molecular weight is 407 g/mol. The minimum Gasteiger partial charge on any atom is -0.493 e. The Morgan fingerprint density at radius 2 is 1.60 bits per heavy atom. The van der Waals surface area contributed by atoms with E-state index in [1.54, 1.807) is 0 Å². The van der Waals surface area contributed by atoms with Gasteiger partial charge in [-0.05, 0) is 68.0 Å². The SMILES string of the molecule is C#Cc1ccc(C(CC)(CC)c2ccc(OCC3COC(C)OC3)c(C)c2)cc1C. The lowest BCUT2D eigenvalue weighted by molar-refractivity contribution is -0.194. The maximum Gasteiger partial charge on any atom is 0.154 e. The second kappa shape index (κ2) is 9.69. The van der Waals surface area contributed by atoms with E-state index in [9.17, 15) is 0 Å². The summed E-state index contributed by atoms with van der Waals surface area (Å²) in [6.07, 6.45) is 7.56. The summed E-state index contributed by atoms with van der Waals surface area (Å²) in [5, 5.41) is 0. The number of terminal acetylenes is 1. The Morgan fingerprint density at radius 3 is 2.13 bits per heavy atom. The predicted octanol–water partition coefficient (Wildman–Crippen LogP) is 5.78. The van der Waals surface area contributed by atoms with Gasteiger partial charge in [0.05, 0.1) is 19.8 Å². The molecular weight excluding hydrogens is 372 g/mol. The molecule has 0 unspecified atom stereocenters. The molecule has 1 heterocycles. The topological polar surface area (TPSA) is 27.7 Å². The molecule has 0 aromatic heterocycles. The summed E-state index contributed by atoms with van der Waals surface area (Å²) in [6, 6.07) is 13.1. The van der Waals surface area contributed by atoms with Crippen molar-refractivity contribution in [2.45, 2.75) is 59.2 Å². The molecule has 0 aliphatic carbocycles. The molecule has 0 atom stereocenters. The molecule has 3 nitrogen and oxygen atoms in total. The second-order valence-electron chi connectivity index (χ2n) is 8.35. The van der Waals surface area contributed by atoms with E-state index in [-0.39, 0.29) is 17.6 Å². The smallest absolute Gasteiger partial charge is 0.154 e. The van der Waals surface area contributed by atoms with Gasteiger partial charge in [0.1, 0.15) is 5.75 Å². The van der Waals surface area contributed by atoms with Gasteiger partial charge in [-0.2, -0.15) is 0 Å². The number of ether oxygens (including phenoxy) is 3. The lowest BCUT2D eigenvalue weighted by atomic mass is 9.70. The largest absolute Gasteiger partial charge is 0.493 e. The highest BCUT2D eigenvalue weighted by atomic mass is 16.7. The number of hydrogen-bond acceptors (Lipinski definition) is 3. The average Bonchev–Trinajstić information content (AvgIpc) is 2.76. The van der Waals surface area contributed by atoms with E-state index in [4.69, 9.17) is 20.6 Å². The summed E-state index contributed by atoms with van der Waals surface area (Å²) in [5.41, 5.74) is 5.88. The molecule has 1 fully saturated rings. The van der Waals surface area contributed by atoms with E-state index >= 15 is 0 Å². The first-order valence-electron chi connectivity index (χ1n) is 11.0. The third-order valence-corrected chi connectivity index (χ3v) is 6.48. The van der Waals surface area contributed by atoms with Gasteiger partial charge in [0.25, 0.3) is 0 Å². The fourth-order valence-electron chi connectivity index (χ4n) is 4.41. The van der Waals surface area contributed by atoms with Gasteiger partial charge < -0.3 is 14.2 Å². The molecule has 0 amide bonds. The van der Waals surface area contributed by atoms with Crippen molar-refractivity contribution in [2.24, 2.45) is 5.92 Å². The van der Waals surface area contributed by atoms with Crippen LogP contribution in [0, 0.1) is 32.1 Å². The van der Waals surface area contributed by atoms with Crippen molar-refractivity contribution < 1.29 is 14.2 Å². The van der Waals surface area contributed by atoms with E-state index in [0.717, 1.165) is 35.3 Å². The zero-order valence-corrected chi connectivity index (χ0v) is 19.0. The summed E-state index contributed by atoms with van der Waals surface area (Å²) < 4.78 is 17.2. The van der Waals surface area contributed by atoms with Crippen LogP contribution in [-0.4, -0.2) is 26.1 Å². The Morgan fingerprint density at radius 1 is 1.00 bits per heavy atom. The van der Waals surface area contributed by atoms with E-state index < -0.39 is 0 Å². The van der Waals surface area contributed by atoms with Gasteiger partial charge in [0.2, 0.25) is 0 Å². The summed E-state index contributed by atoms with van der Waals surface area (Å²) in [7, 11) is 0. The molecular formula is C27H34O3. The molecule has 1 saturated heterocycles. The third-order valence-electron chi connectivity index (χ3n) is 6.48. The van der Waals surface area contributed by atoms with Gasteiger partial charge in [-0.15, -0.1) is 6.42 Å². The minimum absolute atomic E-state index is 0.0393. The fraction of sp³-hybridized carbons (Fsp3) is 0.481. The fourth-order valence-corrected chi connectivity index (χ4v) is 4.41. The molecule has 0 spiro atoms. The van der Waals surface area contributed by atoms with E-state index in [0.29, 0.717) is 19.8 Å². The zero-order valence-electron chi connectivity index (χ0n) is 19.0. The van der Waals surface area contributed by atoms with Crippen molar-refractivity contribution in [3.63, 3.8) is 0 Å². The zero-order chi connectivity index (χ0) is 21.7. The van der Waals surface area contributed by atoms with Crippen molar-refractivity contribution in [3.8, 4) is 18.1 Å². The molecule has 30 heavy (non-hydrogen) atoms. The van der Waals surface area contributed by atoms with Gasteiger partial charge in [0, 0.05) is 16.9 Å². The molecule has 0 bridgehead atoms. The standard InChI is InChI=1S/C27H34O3/c1-7-23-10-11-24(14-19(23)4)27(8-2,9-3)25-12-13-26(20(5)15-25)30-18-22-16-28-21(6)29-17-22/h1,10-15,21-22H,8-9,16-18H2,2-6H3. The molecule has 160 valence electrons. The first-order chi connectivity index (χ1) is 14.4. The molecule has 1 aliphatic heterocycles. The maximum absolute atomic E-state index is 6.12. The molecule has 3 rings (SSSR count). The van der Waals surface area contributed by atoms with Crippen LogP contribution in [0.2, 0.25) is 0 Å². The van der Waals surface area contributed by atoms with Crippen molar-refractivity contribution in [3.05, 3.63) is 64.2 Å². The monoisotopic (exact) mass is 406 g/mol. The molecule has 2 aromatic rings. The first kappa shape index (κ1) is 22.4. The van der Waals surface area contributed by atoms with Crippen molar-refractivity contribution >= 4 is 0 Å². The van der Waals surface area contributed by atoms with Crippen LogP contribution < -0.4 is 4.74 Å². The quantitative estimate of drug-likeness (QED) is 0.546. The number of hydrogen-bond donors (Lipinski definition) is 0. The summed E-state index contributed by atoms with van der Waals surface area (Å²) in [4.78, 5) is 0. The molecule has 0 radical (unpaired) electrons. The van der Waals surface area contributed by atoms with Crippen molar-refractivity contribution in [1.29, 1.82) is 0 Å². The van der Waals surface area contributed by atoms with Crippen LogP contribution in [0.1, 0.15) is 61.4 Å². The minimum atomic E-state index is -0.114. The Labute approximate surface area is 181 Å². The summed E-state index contributed by atoms with van der Waals surface area (Å²) in [5.74, 6) is 3.97. The van der Waals surface area contributed by atoms with Crippen LogP contribution in [0.15, 0.2) is 36.4 Å². The summed E-state index contributed by atoms with van der Waals surface area (Å²) in [6.45, 7) is 12.6. The number of rotatable bonds is 7. The maximum atomic E-state index is 6.12. The molecule has 3 heteroatoms. The molecule has 1 aliphatic rings. The highest BCUT2D eigenvalue weighted by molar-refractivity contribution is 5.49. The van der Waals surface area contributed by atoms with E-state index in [1.165, 1.54) is 11.1 Å². The second-order valence-corrected chi connectivity index (χ2v) is 8.35. The van der Waals surface area contributed by atoms with Gasteiger partial charge in [-0.1, -0.05) is 44.0 Å². The van der Waals surface area contributed by atoms with Gasteiger partial charge in [0.15, 0.2) is 6.29 Å². The normalized spacial score (nSPS) is 19.3. The molecule has 2 aromatic carbocycles. The number of benzene rings is 2. The van der Waals surface area contributed by atoms with Crippen LogP contribution in [0.5, 0.6) is 5.75 Å². The van der Waals surface area contributed by atoms with E-state index in [1.807, 2.05) is 6.92 Å². The Balaban J connectivity index is 1.83. The van der Waals surface area contributed by atoms with Gasteiger partial charge in [-0.3, -0.25) is 0 Å². The predicted molar refractivity (Wildman–Crippen MR) is 122 cm³/mol. The highest BCUT2D eigenvalue weighted by Crippen LogP contribution is 2.41. The van der Waals surface area contributed by atoms with Crippen LogP contribution in [0.4, 0.5) is 0 Å². The van der Waals surface area contributed by atoms with Crippen LogP contribution in [0.3, 0.4) is 0 Å². The highest BCUT2D eigenvalue weighted by Gasteiger charge is 2.31. The van der Waals surface area contributed by atoms with Crippen LogP contribution in [-0.2, 0) is 14.9 Å². The van der Waals surface area contributed by atoms with Crippen LogP contribution in [0.25, 0.3) is 0 Å². The van der Waals surface area contributed by atoms with Crippen molar-refractivity contribution in [1.82, 2.24) is 0 Å². The Bertz CT molecular complexity index is 897. The van der Waals surface area contributed by atoms with Crippen LogP contribution >= 0.6 is 0 Å². The molecule has 0 saturated carbocycles.